The van der Waals surface area contributed by atoms with E-state index in [1.54, 1.807) is 0 Å². The van der Waals surface area contributed by atoms with Crippen LogP contribution in [0, 0.1) is 13.8 Å². The van der Waals surface area contributed by atoms with E-state index in [2.05, 4.69) is 63.9 Å². The Hall–Kier alpha value is -2.73. The summed E-state index contributed by atoms with van der Waals surface area (Å²) in [5, 5.41) is 4.52. The van der Waals surface area contributed by atoms with Crippen LogP contribution in [-0.2, 0) is 6.54 Å². The van der Waals surface area contributed by atoms with E-state index in [9.17, 15) is 0 Å². The maximum absolute atomic E-state index is 5.94. The van der Waals surface area contributed by atoms with E-state index in [-0.39, 0.29) is 12.1 Å². The fourth-order valence-corrected chi connectivity index (χ4v) is 5.88. The molecule has 1 N–H and O–H groups in total. The van der Waals surface area contributed by atoms with E-state index in [1.807, 2.05) is 24.7 Å². The van der Waals surface area contributed by atoms with Crippen LogP contribution >= 0.6 is 12.2 Å². The minimum atomic E-state index is 0.0560. The number of rotatable bonds is 5. The number of aryl methyl sites for hydroxylation is 1. The molecule has 166 valence electrons. The summed E-state index contributed by atoms with van der Waals surface area (Å²) in [5.41, 5.74) is 6.24. The molecule has 32 heavy (non-hydrogen) atoms. The van der Waals surface area contributed by atoms with Crippen LogP contribution in [-0.4, -0.2) is 30.6 Å². The Morgan fingerprint density at radius 2 is 1.81 bits per heavy atom. The Bertz CT molecular complexity index is 1070. The molecule has 4 heterocycles. The molecule has 5 rings (SSSR count). The van der Waals surface area contributed by atoms with Gasteiger partial charge in [0.1, 0.15) is 0 Å². The minimum absolute atomic E-state index is 0.0560. The minimum Gasteiger partial charge on any atom is -0.352 e. The third-order valence-electron chi connectivity index (χ3n) is 7.12. The molecule has 3 aromatic rings. The van der Waals surface area contributed by atoms with Crippen LogP contribution in [0.5, 0.6) is 0 Å². The van der Waals surface area contributed by atoms with Gasteiger partial charge in [-0.25, -0.2) is 0 Å². The van der Waals surface area contributed by atoms with Crippen LogP contribution in [0.3, 0.4) is 0 Å². The predicted octanol–water partition coefficient (Wildman–Crippen LogP) is 5.25. The normalized spacial score (nSPS) is 21.7. The van der Waals surface area contributed by atoms with E-state index in [1.165, 1.54) is 54.6 Å². The summed E-state index contributed by atoms with van der Waals surface area (Å²) in [4.78, 5) is 11.4. The molecule has 6 heteroatoms. The maximum Gasteiger partial charge on any atom is 0.170 e. The molecule has 1 aliphatic heterocycles. The molecule has 1 saturated carbocycles. The topological polar surface area (TPSA) is 46.0 Å². The molecule has 1 aliphatic carbocycles. The number of pyridine rings is 2. The van der Waals surface area contributed by atoms with Gasteiger partial charge in [0.05, 0.1) is 17.8 Å². The molecule has 1 saturated heterocycles. The van der Waals surface area contributed by atoms with Crippen molar-refractivity contribution in [2.45, 2.75) is 70.6 Å². The molecule has 2 aliphatic rings. The van der Waals surface area contributed by atoms with Crippen molar-refractivity contribution < 1.29 is 0 Å². The highest BCUT2D eigenvalue weighted by molar-refractivity contribution is 7.80. The Morgan fingerprint density at radius 1 is 1.03 bits per heavy atom. The third kappa shape index (κ3) is 3.92. The standard InChI is InChI=1S/C26H31N5S/c1-18-16-22(19(2)30(18)17-20-11-14-27-15-12-20)25-24(23-10-6-7-13-28-23)29-26(32)31(25)21-8-4-3-5-9-21/h6-7,10-16,21,24-25H,3-5,8-9,17H2,1-2H3,(H,29,32)/t24-,25-/m1/s1. The van der Waals surface area contributed by atoms with E-state index >= 15 is 0 Å². The van der Waals surface area contributed by atoms with Crippen LogP contribution in [0.2, 0.25) is 0 Å². The van der Waals surface area contributed by atoms with Crippen molar-refractivity contribution in [2.24, 2.45) is 0 Å². The zero-order valence-corrected chi connectivity index (χ0v) is 19.7. The van der Waals surface area contributed by atoms with Gasteiger partial charge in [-0.2, -0.15) is 0 Å². The Balaban J connectivity index is 1.56. The van der Waals surface area contributed by atoms with Crippen molar-refractivity contribution >= 4 is 17.3 Å². The molecule has 2 fully saturated rings. The van der Waals surface area contributed by atoms with Gasteiger partial charge < -0.3 is 14.8 Å². The van der Waals surface area contributed by atoms with Crippen LogP contribution < -0.4 is 5.32 Å². The van der Waals surface area contributed by atoms with Crippen LogP contribution in [0.15, 0.2) is 55.0 Å². The molecule has 0 radical (unpaired) electrons. The highest BCUT2D eigenvalue weighted by atomic mass is 32.1. The molecule has 0 unspecified atom stereocenters. The number of aromatic nitrogens is 3. The number of hydrogen-bond donors (Lipinski definition) is 1. The monoisotopic (exact) mass is 445 g/mol. The second-order valence-corrected chi connectivity index (χ2v) is 9.48. The third-order valence-corrected chi connectivity index (χ3v) is 7.45. The largest absolute Gasteiger partial charge is 0.352 e. The summed E-state index contributed by atoms with van der Waals surface area (Å²) < 4.78 is 2.42. The van der Waals surface area contributed by atoms with Crippen molar-refractivity contribution in [3.63, 3.8) is 0 Å². The first-order chi connectivity index (χ1) is 15.6. The molecule has 2 atom stereocenters. The van der Waals surface area contributed by atoms with Gasteiger partial charge in [-0.3, -0.25) is 9.97 Å². The van der Waals surface area contributed by atoms with Gasteiger partial charge in [0.15, 0.2) is 5.11 Å². The maximum atomic E-state index is 5.94. The molecular formula is C26H31N5S. The number of nitrogens with zero attached hydrogens (tertiary/aromatic N) is 4. The fourth-order valence-electron chi connectivity index (χ4n) is 5.49. The lowest BCUT2D eigenvalue weighted by Crippen LogP contribution is -2.40. The highest BCUT2D eigenvalue weighted by Gasteiger charge is 2.44. The highest BCUT2D eigenvalue weighted by Crippen LogP contribution is 2.44. The first-order valence-electron chi connectivity index (χ1n) is 11.7. The average Bonchev–Trinajstić information content (AvgIpc) is 3.32. The van der Waals surface area contributed by atoms with Crippen LogP contribution in [0.1, 0.15) is 72.4 Å². The van der Waals surface area contributed by atoms with E-state index in [4.69, 9.17) is 17.2 Å². The van der Waals surface area contributed by atoms with Crippen molar-refractivity contribution in [3.8, 4) is 0 Å². The smallest absolute Gasteiger partial charge is 0.170 e. The average molecular weight is 446 g/mol. The lowest BCUT2D eigenvalue weighted by molar-refractivity contribution is 0.196. The second kappa shape index (κ2) is 9.02. The zero-order chi connectivity index (χ0) is 22.1. The van der Waals surface area contributed by atoms with Crippen molar-refractivity contribution in [1.82, 2.24) is 24.8 Å². The van der Waals surface area contributed by atoms with E-state index < -0.39 is 0 Å². The van der Waals surface area contributed by atoms with Gasteiger partial charge in [0, 0.05) is 42.6 Å². The predicted molar refractivity (Wildman–Crippen MR) is 131 cm³/mol. The van der Waals surface area contributed by atoms with E-state index in [0.717, 1.165) is 17.4 Å². The van der Waals surface area contributed by atoms with Gasteiger partial charge in [0.25, 0.3) is 0 Å². The fraction of sp³-hybridized carbons (Fsp3) is 0.423. The van der Waals surface area contributed by atoms with Gasteiger partial charge >= 0.3 is 0 Å². The first-order valence-corrected chi connectivity index (χ1v) is 12.1. The first kappa shape index (κ1) is 21.1. The lowest BCUT2D eigenvalue weighted by atomic mass is 9.90. The van der Waals surface area contributed by atoms with Gasteiger partial charge in [-0.05, 0) is 80.4 Å². The molecule has 0 bridgehead atoms. The second-order valence-electron chi connectivity index (χ2n) is 9.09. The Kier molecular flexibility index (Phi) is 5.96. The molecule has 3 aromatic heterocycles. The van der Waals surface area contributed by atoms with Gasteiger partial charge in [-0.1, -0.05) is 25.3 Å². The summed E-state index contributed by atoms with van der Waals surface area (Å²) in [7, 11) is 0. The number of thiocarbonyl (C=S) groups is 1. The van der Waals surface area contributed by atoms with Gasteiger partial charge in [0.2, 0.25) is 0 Å². The lowest BCUT2D eigenvalue weighted by Gasteiger charge is -2.37. The summed E-state index contributed by atoms with van der Waals surface area (Å²) in [6, 6.07) is 13.4. The summed E-state index contributed by atoms with van der Waals surface area (Å²) in [6.07, 6.45) is 11.9. The van der Waals surface area contributed by atoms with Crippen molar-refractivity contribution in [2.75, 3.05) is 0 Å². The van der Waals surface area contributed by atoms with E-state index in [0.29, 0.717) is 6.04 Å². The Morgan fingerprint density at radius 3 is 2.53 bits per heavy atom. The molecular weight excluding hydrogens is 414 g/mol. The summed E-state index contributed by atoms with van der Waals surface area (Å²) >= 11 is 5.94. The van der Waals surface area contributed by atoms with Gasteiger partial charge in [-0.15, -0.1) is 0 Å². The molecule has 5 nitrogen and oxygen atoms in total. The Labute approximate surface area is 195 Å². The summed E-state index contributed by atoms with van der Waals surface area (Å²) in [6.45, 7) is 5.31. The SMILES string of the molecule is Cc1cc([C@@H]2[C@@H](c3ccccn3)NC(=S)N2C2CCCCC2)c(C)n1Cc1ccncc1. The van der Waals surface area contributed by atoms with Crippen molar-refractivity contribution in [3.05, 3.63) is 83.2 Å². The quantitative estimate of drug-likeness (QED) is 0.544. The summed E-state index contributed by atoms with van der Waals surface area (Å²) in [5.74, 6) is 0. The number of hydrogen-bond acceptors (Lipinski definition) is 3. The number of nitrogens with one attached hydrogen (secondary N) is 1. The molecule has 0 amide bonds. The van der Waals surface area contributed by atoms with Crippen LogP contribution in [0.25, 0.3) is 0 Å². The van der Waals surface area contributed by atoms with Crippen LogP contribution in [0.4, 0.5) is 0 Å². The van der Waals surface area contributed by atoms with Crippen molar-refractivity contribution in [1.29, 1.82) is 0 Å². The zero-order valence-electron chi connectivity index (χ0n) is 18.9. The molecule has 0 aromatic carbocycles. The molecule has 0 spiro atoms.